The van der Waals surface area contributed by atoms with Gasteiger partial charge in [0.15, 0.2) is 0 Å². The first-order valence-electron chi connectivity index (χ1n) is 4.25. The number of nitrogens with two attached hydrogens (primary N) is 1. The Morgan fingerprint density at radius 1 is 1.20 bits per heavy atom. The summed E-state index contributed by atoms with van der Waals surface area (Å²) in [6.07, 6.45) is 0. The Bertz CT molecular complexity index is 468. The van der Waals surface area contributed by atoms with Gasteiger partial charge in [-0.1, -0.05) is 0 Å². The smallest absolute Gasteiger partial charge is 0.138 e. The number of aromatic nitrogens is 1. The summed E-state index contributed by atoms with van der Waals surface area (Å²) in [6, 6.07) is 3.30. The molecule has 2 nitrogen and oxygen atoms in total. The van der Waals surface area contributed by atoms with Crippen molar-refractivity contribution < 1.29 is 8.78 Å². The van der Waals surface area contributed by atoms with Gasteiger partial charge in [0.25, 0.3) is 0 Å². The molecule has 0 spiro atoms. The molecule has 0 radical (unpaired) electrons. The third kappa shape index (κ3) is 1.97. The van der Waals surface area contributed by atoms with E-state index in [1.165, 1.54) is 23.5 Å². The molecule has 5 heteroatoms. The van der Waals surface area contributed by atoms with Gasteiger partial charge in [-0.3, -0.25) is 0 Å². The molecular formula is C10H8F2N2S. The molecule has 0 aliphatic rings. The summed E-state index contributed by atoms with van der Waals surface area (Å²) in [4.78, 5) is 4.87. The summed E-state index contributed by atoms with van der Waals surface area (Å²) in [5.41, 5.74) is 5.98. The molecule has 0 unspecified atom stereocenters. The quantitative estimate of drug-likeness (QED) is 0.811. The lowest BCUT2D eigenvalue weighted by Crippen LogP contribution is -1.87. The highest BCUT2D eigenvalue weighted by molar-refractivity contribution is 7.15. The van der Waals surface area contributed by atoms with Crippen molar-refractivity contribution >= 4 is 17.2 Å². The molecule has 15 heavy (non-hydrogen) atoms. The molecule has 1 aromatic carbocycles. The molecule has 0 saturated heterocycles. The van der Waals surface area contributed by atoms with Gasteiger partial charge in [-0.15, -0.1) is 11.3 Å². The van der Waals surface area contributed by atoms with Crippen LogP contribution >= 0.6 is 11.3 Å². The molecule has 2 rings (SSSR count). The molecule has 1 aromatic heterocycles. The van der Waals surface area contributed by atoms with E-state index in [4.69, 9.17) is 5.73 Å². The normalized spacial score (nSPS) is 10.6. The second-order valence-electron chi connectivity index (χ2n) is 3.12. The monoisotopic (exact) mass is 226 g/mol. The minimum absolute atomic E-state index is 0.402. The largest absolute Gasteiger partial charge is 0.383 e. The first-order valence-corrected chi connectivity index (χ1v) is 5.07. The van der Waals surface area contributed by atoms with Crippen LogP contribution in [0.5, 0.6) is 0 Å². The van der Waals surface area contributed by atoms with Crippen molar-refractivity contribution in [1.82, 2.24) is 4.98 Å². The summed E-state index contributed by atoms with van der Waals surface area (Å²) in [5.74, 6) is -0.826. The molecule has 0 fully saturated rings. The van der Waals surface area contributed by atoms with Crippen LogP contribution in [0.3, 0.4) is 0 Å². The van der Waals surface area contributed by atoms with E-state index in [-0.39, 0.29) is 0 Å². The summed E-state index contributed by atoms with van der Waals surface area (Å²) in [6.45, 7) is 1.81. The molecule has 0 atom stereocenters. The highest BCUT2D eigenvalue weighted by Gasteiger charge is 2.09. The molecule has 0 aliphatic heterocycles. The van der Waals surface area contributed by atoms with Crippen molar-refractivity contribution in [3.63, 3.8) is 0 Å². The average molecular weight is 226 g/mol. The van der Waals surface area contributed by atoms with Gasteiger partial charge in [0.05, 0.1) is 0 Å². The van der Waals surface area contributed by atoms with Gasteiger partial charge in [0, 0.05) is 16.5 Å². The van der Waals surface area contributed by atoms with E-state index in [9.17, 15) is 8.78 Å². The number of benzene rings is 1. The first kappa shape index (κ1) is 10.0. The van der Waals surface area contributed by atoms with E-state index in [2.05, 4.69) is 4.98 Å². The zero-order valence-corrected chi connectivity index (χ0v) is 8.74. The lowest BCUT2D eigenvalue weighted by Gasteiger charge is -1.96. The van der Waals surface area contributed by atoms with Crippen LogP contribution in [0.15, 0.2) is 18.2 Å². The maximum Gasteiger partial charge on any atom is 0.138 e. The van der Waals surface area contributed by atoms with Crippen LogP contribution in [0.1, 0.15) is 4.88 Å². The number of aryl methyl sites for hydroxylation is 1. The van der Waals surface area contributed by atoms with E-state index in [1.54, 1.807) is 0 Å². The Morgan fingerprint density at radius 3 is 2.27 bits per heavy atom. The highest BCUT2D eigenvalue weighted by Crippen LogP contribution is 2.29. The van der Waals surface area contributed by atoms with Crippen molar-refractivity contribution in [2.75, 3.05) is 5.73 Å². The fourth-order valence-corrected chi connectivity index (χ4v) is 2.03. The second kappa shape index (κ2) is 3.58. The van der Waals surface area contributed by atoms with Gasteiger partial charge >= 0.3 is 0 Å². The zero-order valence-electron chi connectivity index (χ0n) is 7.92. The third-order valence-electron chi connectivity index (χ3n) is 1.94. The van der Waals surface area contributed by atoms with Gasteiger partial charge in [0.1, 0.15) is 22.5 Å². The number of hydrogen-bond acceptors (Lipinski definition) is 3. The standard InChI is InChI=1S/C10H8F2N2S/c1-5-9(13)14-10(15-5)6-2-7(11)4-8(12)3-6/h2-4H,13H2,1H3. The lowest BCUT2D eigenvalue weighted by molar-refractivity contribution is 0.584. The van der Waals surface area contributed by atoms with Gasteiger partial charge in [-0.05, 0) is 19.1 Å². The first-order chi connectivity index (χ1) is 7.06. The fourth-order valence-electron chi connectivity index (χ4n) is 1.21. The summed E-state index contributed by atoms with van der Waals surface area (Å²) in [7, 11) is 0. The highest BCUT2D eigenvalue weighted by atomic mass is 32.1. The minimum Gasteiger partial charge on any atom is -0.383 e. The van der Waals surface area contributed by atoms with Crippen LogP contribution in [0.2, 0.25) is 0 Å². The predicted molar refractivity (Wildman–Crippen MR) is 56.6 cm³/mol. The second-order valence-corrected chi connectivity index (χ2v) is 4.32. The molecule has 1 heterocycles. The Hall–Kier alpha value is -1.49. The van der Waals surface area contributed by atoms with Crippen LogP contribution in [-0.4, -0.2) is 4.98 Å². The topological polar surface area (TPSA) is 38.9 Å². The summed E-state index contributed by atoms with van der Waals surface area (Å²) < 4.78 is 25.9. The number of nitrogens with zero attached hydrogens (tertiary/aromatic N) is 1. The van der Waals surface area contributed by atoms with E-state index in [0.717, 1.165) is 10.9 Å². The predicted octanol–water partition coefficient (Wildman–Crippen LogP) is 2.98. The number of thiazole rings is 1. The minimum atomic E-state index is -0.614. The van der Waals surface area contributed by atoms with E-state index < -0.39 is 11.6 Å². The lowest BCUT2D eigenvalue weighted by atomic mass is 10.2. The van der Waals surface area contributed by atoms with Gasteiger partial charge in [0.2, 0.25) is 0 Å². The third-order valence-corrected chi connectivity index (χ3v) is 2.98. The Labute approximate surface area is 89.4 Å². The van der Waals surface area contributed by atoms with E-state index >= 15 is 0 Å². The molecule has 0 bridgehead atoms. The summed E-state index contributed by atoms with van der Waals surface area (Å²) >= 11 is 1.32. The van der Waals surface area contributed by atoms with Crippen molar-refractivity contribution in [3.05, 3.63) is 34.7 Å². The number of anilines is 1. The van der Waals surface area contributed by atoms with Crippen LogP contribution in [0, 0.1) is 18.6 Å². The number of hydrogen-bond donors (Lipinski definition) is 1. The maximum absolute atomic E-state index is 12.9. The molecule has 2 aromatic rings. The fraction of sp³-hybridized carbons (Fsp3) is 0.100. The van der Waals surface area contributed by atoms with Gasteiger partial charge < -0.3 is 5.73 Å². The van der Waals surface area contributed by atoms with Gasteiger partial charge in [-0.2, -0.15) is 0 Å². The van der Waals surface area contributed by atoms with Crippen molar-refractivity contribution in [2.45, 2.75) is 6.92 Å². The number of nitrogen functional groups attached to an aromatic ring is 1. The molecule has 2 N–H and O–H groups in total. The molecular weight excluding hydrogens is 218 g/mol. The number of rotatable bonds is 1. The van der Waals surface area contributed by atoms with Crippen molar-refractivity contribution in [3.8, 4) is 10.6 Å². The Morgan fingerprint density at radius 2 is 1.80 bits per heavy atom. The Balaban J connectivity index is 2.53. The van der Waals surface area contributed by atoms with Gasteiger partial charge in [-0.25, -0.2) is 13.8 Å². The number of halogens is 2. The van der Waals surface area contributed by atoms with Crippen LogP contribution in [-0.2, 0) is 0 Å². The molecule has 0 aliphatic carbocycles. The maximum atomic E-state index is 12.9. The molecule has 78 valence electrons. The van der Waals surface area contributed by atoms with Crippen LogP contribution < -0.4 is 5.73 Å². The SMILES string of the molecule is Cc1sc(-c2cc(F)cc(F)c2)nc1N. The summed E-state index contributed by atoms with van der Waals surface area (Å²) in [5, 5.41) is 0.531. The molecule has 0 amide bonds. The van der Waals surface area contributed by atoms with E-state index in [0.29, 0.717) is 16.4 Å². The van der Waals surface area contributed by atoms with Crippen molar-refractivity contribution in [1.29, 1.82) is 0 Å². The Kier molecular flexibility index (Phi) is 2.40. The molecule has 0 saturated carbocycles. The van der Waals surface area contributed by atoms with Crippen LogP contribution in [0.25, 0.3) is 10.6 Å². The van der Waals surface area contributed by atoms with Crippen molar-refractivity contribution in [2.24, 2.45) is 0 Å². The zero-order chi connectivity index (χ0) is 11.0. The van der Waals surface area contributed by atoms with E-state index in [1.807, 2.05) is 6.92 Å². The average Bonchev–Trinajstić information content (AvgIpc) is 2.45. The van der Waals surface area contributed by atoms with Crippen LogP contribution in [0.4, 0.5) is 14.6 Å².